The summed E-state index contributed by atoms with van der Waals surface area (Å²) in [5.41, 5.74) is 4.52. The maximum Gasteiger partial charge on any atom is 0.341 e. The fourth-order valence-electron chi connectivity index (χ4n) is 2.10. The fraction of sp³-hybridized carbons (Fsp3) is 0.385. The Hall–Kier alpha value is -2.08. The number of aryl methyl sites for hydroxylation is 1. The van der Waals surface area contributed by atoms with E-state index in [2.05, 4.69) is 16.4 Å². The number of carboxylic acid groups (broad SMARTS) is 1. The number of hydroxylamine groups is 1. The zero-order valence-corrected chi connectivity index (χ0v) is 10.5. The molecule has 0 saturated heterocycles. The monoisotopic (exact) mass is 264 g/mol. The number of carbonyl (C=O) groups excluding carboxylic acids is 1. The zero-order chi connectivity index (χ0) is 13.7. The molecule has 102 valence electrons. The Balaban J connectivity index is 1.94. The Bertz CT molecular complexity index is 475. The summed E-state index contributed by atoms with van der Waals surface area (Å²) in [6.45, 7) is 0.589. The van der Waals surface area contributed by atoms with Gasteiger partial charge in [0, 0.05) is 13.1 Å². The van der Waals surface area contributed by atoms with Crippen LogP contribution in [0, 0.1) is 0 Å². The molecular formula is C13H16N2O4. The predicted octanol–water partition coefficient (Wildman–Crippen LogP) is 1.16. The number of nitrogens with one attached hydrogen (secondary N) is 1. The lowest BCUT2D eigenvalue weighted by atomic mass is 10.0. The van der Waals surface area contributed by atoms with Gasteiger partial charge in [0.2, 0.25) is 0 Å². The molecule has 0 atom stereocenters. The van der Waals surface area contributed by atoms with Gasteiger partial charge in [0.15, 0.2) is 6.61 Å². The maximum atomic E-state index is 11.8. The second-order valence-electron chi connectivity index (χ2n) is 4.38. The summed E-state index contributed by atoms with van der Waals surface area (Å²) in [7, 11) is 0. The minimum absolute atomic E-state index is 0.405. The van der Waals surface area contributed by atoms with Crippen LogP contribution in [0.2, 0.25) is 0 Å². The number of carbonyl (C=O) groups is 2. The Morgan fingerprint density at radius 1 is 1.32 bits per heavy atom. The van der Waals surface area contributed by atoms with Crippen molar-refractivity contribution in [2.24, 2.45) is 0 Å². The molecule has 1 heterocycles. The van der Waals surface area contributed by atoms with Gasteiger partial charge in [-0.2, -0.15) is 0 Å². The van der Waals surface area contributed by atoms with E-state index in [1.165, 1.54) is 5.56 Å². The number of amides is 2. The van der Waals surface area contributed by atoms with Crippen LogP contribution in [0.15, 0.2) is 24.3 Å². The maximum absolute atomic E-state index is 11.8. The molecule has 0 bridgehead atoms. The van der Waals surface area contributed by atoms with Crippen molar-refractivity contribution >= 4 is 12.0 Å². The summed E-state index contributed by atoms with van der Waals surface area (Å²) in [4.78, 5) is 28.3. The summed E-state index contributed by atoms with van der Waals surface area (Å²) in [5, 5.41) is 8.42. The van der Waals surface area contributed by atoms with Crippen molar-refractivity contribution in [2.75, 3.05) is 13.2 Å². The summed E-state index contributed by atoms with van der Waals surface area (Å²) >= 11 is 0. The first-order valence-corrected chi connectivity index (χ1v) is 6.12. The van der Waals surface area contributed by atoms with E-state index in [1.54, 1.807) is 4.90 Å². The van der Waals surface area contributed by atoms with Crippen LogP contribution in [-0.2, 0) is 22.6 Å². The van der Waals surface area contributed by atoms with Gasteiger partial charge in [0.1, 0.15) is 0 Å². The highest BCUT2D eigenvalue weighted by atomic mass is 16.7. The van der Waals surface area contributed by atoms with Crippen LogP contribution in [0.5, 0.6) is 0 Å². The Morgan fingerprint density at radius 2 is 2.05 bits per heavy atom. The van der Waals surface area contributed by atoms with Gasteiger partial charge >= 0.3 is 12.0 Å². The van der Waals surface area contributed by atoms with Gasteiger partial charge in [-0.15, -0.1) is 0 Å². The van der Waals surface area contributed by atoms with E-state index in [-0.39, 0.29) is 0 Å². The van der Waals surface area contributed by atoms with Gasteiger partial charge in [0.25, 0.3) is 0 Å². The molecule has 0 spiro atoms. The third-order valence-corrected chi connectivity index (χ3v) is 3.00. The molecule has 1 aromatic rings. The van der Waals surface area contributed by atoms with Crippen molar-refractivity contribution in [1.82, 2.24) is 10.4 Å². The minimum Gasteiger partial charge on any atom is -0.479 e. The number of benzene rings is 1. The molecule has 2 rings (SSSR count). The van der Waals surface area contributed by atoms with Gasteiger partial charge in [-0.05, 0) is 24.0 Å². The first-order chi connectivity index (χ1) is 9.16. The Kier molecular flexibility index (Phi) is 4.35. The minimum atomic E-state index is -1.12. The van der Waals surface area contributed by atoms with E-state index in [0.29, 0.717) is 13.1 Å². The Labute approximate surface area is 110 Å². The number of fused-ring (bicyclic) bond motifs is 1. The molecule has 1 aliphatic heterocycles. The van der Waals surface area contributed by atoms with E-state index in [1.807, 2.05) is 18.2 Å². The molecule has 0 aliphatic carbocycles. The number of hydrogen-bond acceptors (Lipinski definition) is 3. The van der Waals surface area contributed by atoms with Crippen molar-refractivity contribution in [3.63, 3.8) is 0 Å². The average Bonchev–Trinajstić information content (AvgIpc) is 2.60. The van der Waals surface area contributed by atoms with Crippen LogP contribution in [0.3, 0.4) is 0 Å². The molecule has 0 fully saturated rings. The number of carboxylic acids is 1. The van der Waals surface area contributed by atoms with Crippen molar-refractivity contribution in [3.05, 3.63) is 35.4 Å². The second kappa shape index (κ2) is 6.19. The lowest BCUT2D eigenvalue weighted by Crippen LogP contribution is -2.40. The highest BCUT2D eigenvalue weighted by molar-refractivity contribution is 5.74. The molecule has 0 radical (unpaired) electrons. The standard InChI is InChI=1S/C13H16N2O4/c16-12(17)9-19-14-13(18)15-7-3-6-10-4-1-2-5-11(10)8-15/h1-2,4-5H,3,6-9H2,(H,14,18)(H,16,17). The van der Waals surface area contributed by atoms with Crippen LogP contribution in [0.4, 0.5) is 4.79 Å². The van der Waals surface area contributed by atoms with Crippen LogP contribution in [0.25, 0.3) is 0 Å². The summed E-state index contributed by atoms with van der Waals surface area (Å²) in [6.07, 6.45) is 1.82. The van der Waals surface area contributed by atoms with Crippen LogP contribution >= 0.6 is 0 Å². The van der Waals surface area contributed by atoms with Gasteiger partial charge in [-0.3, -0.25) is 4.84 Å². The van der Waals surface area contributed by atoms with Gasteiger partial charge in [0.05, 0.1) is 0 Å². The molecule has 2 N–H and O–H groups in total. The first kappa shape index (κ1) is 13.4. The zero-order valence-electron chi connectivity index (χ0n) is 10.5. The summed E-state index contributed by atoms with van der Waals surface area (Å²) in [5.74, 6) is -1.12. The largest absolute Gasteiger partial charge is 0.479 e. The highest BCUT2D eigenvalue weighted by Gasteiger charge is 2.18. The number of aliphatic carboxylic acids is 1. The predicted molar refractivity (Wildman–Crippen MR) is 67.3 cm³/mol. The molecule has 2 amide bonds. The number of nitrogens with zero attached hydrogens (tertiary/aromatic N) is 1. The normalized spacial score (nSPS) is 14.4. The molecular weight excluding hydrogens is 248 g/mol. The third kappa shape index (κ3) is 3.69. The smallest absolute Gasteiger partial charge is 0.341 e. The van der Waals surface area contributed by atoms with Crippen LogP contribution < -0.4 is 5.48 Å². The first-order valence-electron chi connectivity index (χ1n) is 6.12. The molecule has 6 nitrogen and oxygen atoms in total. The lowest BCUT2D eigenvalue weighted by Gasteiger charge is -2.20. The SMILES string of the molecule is O=C(O)CONC(=O)N1CCCc2ccccc2C1. The van der Waals surface area contributed by atoms with E-state index >= 15 is 0 Å². The molecule has 0 aromatic heterocycles. The number of rotatable bonds is 3. The van der Waals surface area contributed by atoms with Crippen molar-refractivity contribution in [1.29, 1.82) is 0 Å². The molecule has 1 aromatic carbocycles. The lowest BCUT2D eigenvalue weighted by molar-refractivity contribution is -0.144. The van der Waals surface area contributed by atoms with Crippen LogP contribution in [-0.4, -0.2) is 35.2 Å². The topological polar surface area (TPSA) is 78.9 Å². The molecule has 1 aliphatic rings. The number of hydrogen-bond donors (Lipinski definition) is 2. The van der Waals surface area contributed by atoms with E-state index in [4.69, 9.17) is 5.11 Å². The molecule has 0 saturated carbocycles. The second-order valence-corrected chi connectivity index (χ2v) is 4.38. The van der Waals surface area contributed by atoms with Gasteiger partial charge in [-0.25, -0.2) is 15.1 Å². The van der Waals surface area contributed by atoms with E-state index < -0.39 is 18.6 Å². The fourth-order valence-corrected chi connectivity index (χ4v) is 2.10. The molecule has 0 unspecified atom stereocenters. The summed E-state index contributed by atoms with van der Waals surface area (Å²) < 4.78 is 0. The van der Waals surface area contributed by atoms with Crippen molar-refractivity contribution < 1.29 is 19.5 Å². The third-order valence-electron chi connectivity index (χ3n) is 3.00. The van der Waals surface area contributed by atoms with Crippen molar-refractivity contribution in [2.45, 2.75) is 19.4 Å². The quantitative estimate of drug-likeness (QED) is 0.803. The Morgan fingerprint density at radius 3 is 2.79 bits per heavy atom. The van der Waals surface area contributed by atoms with Crippen molar-refractivity contribution in [3.8, 4) is 0 Å². The summed E-state index contributed by atoms with van der Waals surface area (Å²) in [6, 6.07) is 7.60. The van der Waals surface area contributed by atoms with E-state index in [9.17, 15) is 9.59 Å². The van der Waals surface area contributed by atoms with E-state index in [0.717, 1.165) is 18.4 Å². The van der Waals surface area contributed by atoms with Gasteiger partial charge < -0.3 is 10.0 Å². The highest BCUT2D eigenvalue weighted by Crippen LogP contribution is 2.18. The number of urea groups is 1. The van der Waals surface area contributed by atoms with Crippen LogP contribution in [0.1, 0.15) is 17.5 Å². The molecule has 6 heteroatoms. The molecule has 19 heavy (non-hydrogen) atoms. The average molecular weight is 264 g/mol. The van der Waals surface area contributed by atoms with Gasteiger partial charge in [-0.1, -0.05) is 24.3 Å².